The van der Waals surface area contributed by atoms with Crippen LogP contribution in [0.15, 0.2) is 10.4 Å². The minimum Gasteiger partial charge on any atom is -0.357 e. The maximum atomic E-state index is 4.78. The van der Waals surface area contributed by atoms with Crippen LogP contribution in [0.1, 0.15) is 41.0 Å². The Morgan fingerprint density at radius 2 is 2.00 bits per heavy atom. The van der Waals surface area contributed by atoms with E-state index in [2.05, 4.69) is 39.7 Å². The highest BCUT2D eigenvalue weighted by molar-refractivity contribution is 14.0. The van der Waals surface area contributed by atoms with E-state index in [4.69, 9.17) is 9.98 Å². The minimum absolute atomic E-state index is 0. The third-order valence-electron chi connectivity index (χ3n) is 4.31. The number of halogens is 1. The monoisotopic (exact) mass is 520 g/mol. The average Bonchev–Trinajstić information content (AvgIpc) is 3.34. The van der Waals surface area contributed by atoms with E-state index in [0.29, 0.717) is 6.54 Å². The van der Waals surface area contributed by atoms with E-state index in [1.54, 1.807) is 22.7 Å². The number of aromatic nitrogens is 2. The molecule has 1 aliphatic rings. The highest BCUT2D eigenvalue weighted by Gasteiger charge is 2.15. The van der Waals surface area contributed by atoms with Crippen LogP contribution in [0.25, 0.3) is 0 Å². The summed E-state index contributed by atoms with van der Waals surface area (Å²) < 4.78 is 0. The Kier molecular flexibility index (Phi) is 9.24. The summed E-state index contributed by atoms with van der Waals surface area (Å²) in [6.07, 6.45) is 3.49. The van der Waals surface area contributed by atoms with Crippen LogP contribution in [0, 0.1) is 13.8 Å². The second-order valence-corrected chi connectivity index (χ2v) is 8.55. The van der Waals surface area contributed by atoms with Crippen LogP contribution < -0.4 is 15.5 Å². The smallest absolute Gasteiger partial charge is 0.191 e. The van der Waals surface area contributed by atoms with Crippen molar-refractivity contribution in [3.8, 4) is 0 Å². The maximum Gasteiger partial charge on any atom is 0.191 e. The lowest BCUT2D eigenvalue weighted by Crippen LogP contribution is -2.38. The first-order valence-corrected chi connectivity index (χ1v) is 11.0. The van der Waals surface area contributed by atoms with Gasteiger partial charge in [0.05, 0.1) is 22.9 Å². The highest BCUT2D eigenvalue weighted by atomic mass is 127. The van der Waals surface area contributed by atoms with Crippen molar-refractivity contribution in [2.75, 3.05) is 31.1 Å². The summed E-state index contributed by atoms with van der Waals surface area (Å²) in [6.45, 7) is 10.8. The van der Waals surface area contributed by atoms with Crippen molar-refractivity contribution < 1.29 is 0 Å². The van der Waals surface area contributed by atoms with E-state index in [1.165, 1.54) is 22.9 Å². The fourth-order valence-electron chi connectivity index (χ4n) is 2.99. The number of rotatable bonds is 7. The van der Waals surface area contributed by atoms with Gasteiger partial charge in [-0.2, -0.15) is 0 Å². The van der Waals surface area contributed by atoms with Crippen molar-refractivity contribution in [2.45, 2.75) is 46.6 Å². The second-order valence-electron chi connectivity index (χ2n) is 6.43. The Labute approximate surface area is 186 Å². The van der Waals surface area contributed by atoms with Crippen LogP contribution in [-0.2, 0) is 13.0 Å². The Hall–Kier alpha value is -0.940. The third-order valence-corrected chi connectivity index (χ3v) is 6.32. The zero-order valence-electron chi connectivity index (χ0n) is 16.2. The molecule has 3 rings (SSSR count). The Morgan fingerprint density at radius 3 is 2.67 bits per heavy atom. The summed E-state index contributed by atoms with van der Waals surface area (Å²) in [7, 11) is 0. The summed E-state index contributed by atoms with van der Waals surface area (Å²) >= 11 is 3.49. The van der Waals surface area contributed by atoms with E-state index >= 15 is 0 Å². The number of aryl methyl sites for hydroxylation is 2. The van der Waals surface area contributed by atoms with E-state index < -0.39 is 0 Å². The first-order valence-electron chi connectivity index (χ1n) is 9.30. The minimum atomic E-state index is 0. The van der Waals surface area contributed by atoms with Crippen molar-refractivity contribution in [2.24, 2.45) is 4.99 Å². The number of hydrogen-bond donors (Lipinski definition) is 2. The maximum absolute atomic E-state index is 4.78. The van der Waals surface area contributed by atoms with E-state index in [-0.39, 0.29) is 24.0 Å². The number of nitrogens with zero attached hydrogens (tertiary/aromatic N) is 4. The largest absolute Gasteiger partial charge is 0.357 e. The van der Waals surface area contributed by atoms with Crippen molar-refractivity contribution in [3.63, 3.8) is 0 Å². The van der Waals surface area contributed by atoms with Crippen molar-refractivity contribution in [1.82, 2.24) is 20.6 Å². The molecule has 27 heavy (non-hydrogen) atoms. The summed E-state index contributed by atoms with van der Waals surface area (Å²) in [5, 5.41) is 11.2. The molecule has 1 aliphatic heterocycles. The molecule has 0 saturated carbocycles. The van der Waals surface area contributed by atoms with E-state index in [1.807, 2.05) is 6.92 Å². The molecule has 1 fully saturated rings. The molecule has 0 unspecified atom stereocenters. The van der Waals surface area contributed by atoms with Gasteiger partial charge in [-0.15, -0.1) is 46.7 Å². The standard InChI is InChI=1S/C18H28N6S2.HI/c1-4-19-17(21-11-16-13(2)22-14(3)26-16)20-8-7-15-12-25-18(23-15)24-9-5-6-10-24;/h12H,4-11H2,1-3H3,(H2,19,20,21);1H. The molecule has 0 spiro atoms. The van der Waals surface area contributed by atoms with Gasteiger partial charge in [0.15, 0.2) is 11.1 Å². The number of thiazole rings is 2. The lowest BCUT2D eigenvalue weighted by molar-refractivity contribution is 0.790. The molecule has 2 aromatic heterocycles. The van der Waals surface area contributed by atoms with Crippen LogP contribution in [0.5, 0.6) is 0 Å². The second kappa shape index (κ2) is 11.2. The van der Waals surface area contributed by atoms with Gasteiger partial charge < -0.3 is 15.5 Å². The summed E-state index contributed by atoms with van der Waals surface area (Å²) in [4.78, 5) is 17.6. The number of anilines is 1. The van der Waals surface area contributed by atoms with E-state index in [0.717, 1.165) is 55.0 Å². The Balaban J connectivity index is 0.00000261. The molecule has 0 aliphatic carbocycles. The molecule has 1 saturated heterocycles. The fraction of sp³-hybridized carbons (Fsp3) is 0.611. The SMILES string of the molecule is CCNC(=NCc1sc(C)nc1C)NCCc1csc(N2CCCC2)n1.I. The zero-order chi connectivity index (χ0) is 18.4. The van der Waals surface area contributed by atoms with Crippen LogP contribution in [0.4, 0.5) is 5.13 Å². The van der Waals surface area contributed by atoms with Crippen LogP contribution >= 0.6 is 46.7 Å². The molecule has 150 valence electrons. The van der Waals surface area contributed by atoms with Crippen molar-refractivity contribution in [1.29, 1.82) is 0 Å². The van der Waals surface area contributed by atoms with Crippen LogP contribution in [-0.4, -0.2) is 42.1 Å². The molecule has 0 bridgehead atoms. The lowest BCUT2D eigenvalue weighted by Gasteiger charge is -2.12. The first kappa shape index (κ1) is 22.4. The quantitative estimate of drug-likeness (QED) is 0.331. The Bertz CT molecular complexity index is 736. The molecule has 6 nitrogen and oxygen atoms in total. The third kappa shape index (κ3) is 6.56. The van der Waals surface area contributed by atoms with Crippen molar-refractivity contribution >= 4 is 57.7 Å². The normalized spacial score (nSPS) is 14.3. The molecule has 0 amide bonds. The summed E-state index contributed by atoms with van der Waals surface area (Å²) in [5.74, 6) is 0.855. The molecular formula is C18H29IN6S2. The van der Waals surface area contributed by atoms with Gasteiger partial charge in [-0.25, -0.2) is 15.0 Å². The molecule has 2 aromatic rings. The van der Waals surface area contributed by atoms with Crippen LogP contribution in [0.2, 0.25) is 0 Å². The number of aliphatic imine (C=N–C) groups is 1. The van der Waals surface area contributed by atoms with Gasteiger partial charge in [0.1, 0.15) is 0 Å². The molecule has 2 N–H and O–H groups in total. The molecule has 9 heteroatoms. The van der Waals surface area contributed by atoms with Gasteiger partial charge in [-0.1, -0.05) is 0 Å². The summed E-state index contributed by atoms with van der Waals surface area (Å²) in [6, 6.07) is 0. The Morgan fingerprint density at radius 1 is 1.22 bits per heavy atom. The number of hydrogen-bond acceptors (Lipinski definition) is 6. The van der Waals surface area contributed by atoms with Crippen molar-refractivity contribution in [3.05, 3.63) is 26.7 Å². The first-order chi connectivity index (χ1) is 12.7. The fourth-order valence-corrected chi connectivity index (χ4v) is 4.76. The van der Waals surface area contributed by atoms with Gasteiger partial charge in [-0.3, -0.25) is 0 Å². The van der Waals surface area contributed by atoms with Gasteiger partial charge >= 0.3 is 0 Å². The molecule has 0 aromatic carbocycles. The topological polar surface area (TPSA) is 65.4 Å². The highest BCUT2D eigenvalue weighted by Crippen LogP contribution is 2.24. The van der Waals surface area contributed by atoms with Crippen LogP contribution in [0.3, 0.4) is 0 Å². The molecule has 3 heterocycles. The van der Waals surface area contributed by atoms with Gasteiger partial charge in [0.25, 0.3) is 0 Å². The predicted octanol–water partition coefficient (Wildman–Crippen LogP) is 3.73. The number of nitrogens with one attached hydrogen (secondary N) is 2. The predicted molar refractivity (Wildman–Crippen MR) is 127 cm³/mol. The van der Waals surface area contributed by atoms with Gasteiger partial charge in [-0.05, 0) is 33.6 Å². The van der Waals surface area contributed by atoms with E-state index in [9.17, 15) is 0 Å². The zero-order valence-corrected chi connectivity index (χ0v) is 20.2. The lowest BCUT2D eigenvalue weighted by atomic mass is 10.3. The molecule has 0 atom stereocenters. The van der Waals surface area contributed by atoms with Gasteiger partial charge in [0, 0.05) is 42.9 Å². The molecular weight excluding hydrogens is 491 g/mol. The summed E-state index contributed by atoms with van der Waals surface area (Å²) in [5.41, 5.74) is 2.25. The van der Waals surface area contributed by atoms with Gasteiger partial charge in [0.2, 0.25) is 0 Å². The molecule has 0 radical (unpaired) electrons. The number of guanidine groups is 1. The average molecular weight is 521 g/mol.